The molecule has 2 aromatic carbocycles. The molecule has 5 rings (SSSR count). The number of carbonyl (C=O) groups excluding carboxylic acids is 2. The highest BCUT2D eigenvalue weighted by Crippen LogP contribution is 2.40. The van der Waals surface area contributed by atoms with Gasteiger partial charge in [-0.25, -0.2) is 8.78 Å². The van der Waals surface area contributed by atoms with Crippen LogP contribution in [0.3, 0.4) is 0 Å². The third-order valence-electron chi connectivity index (χ3n) is 7.33. The van der Waals surface area contributed by atoms with Crippen molar-refractivity contribution in [1.29, 1.82) is 0 Å². The van der Waals surface area contributed by atoms with Gasteiger partial charge in [0.15, 0.2) is 16.4 Å². The van der Waals surface area contributed by atoms with Crippen LogP contribution in [0.25, 0.3) is 0 Å². The van der Waals surface area contributed by atoms with Crippen LogP contribution in [0.15, 0.2) is 59.5 Å². The third kappa shape index (κ3) is 4.45. The monoisotopic (exact) mass is 540 g/mol. The van der Waals surface area contributed by atoms with Crippen LogP contribution in [0.2, 0.25) is 0 Å². The highest BCUT2D eigenvalue weighted by molar-refractivity contribution is 7.81. The Hall–Kier alpha value is -3.70. The van der Waals surface area contributed by atoms with E-state index in [0.29, 0.717) is 19.0 Å². The van der Waals surface area contributed by atoms with Gasteiger partial charge in [0.25, 0.3) is 11.8 Å². The molecule has 8 nitrogen and oxygen atoms in total. The van der Waals surface area contributed by atoms with Gasteiger partial charge in [-0.2, -0.15) is 0 Å². The lowest BCUT2D eigenvalue weighted by molar-refractivity contribution is -0.0437. The third-order valence-corrected chi connectivity index (χ3v) is 8.03. The molecule has 0 spiro atoms. The van der Waals surface area contributed by atoms with Crippen LogP contribution in [-0.2, 0) is 19.5 Å². The SMILES string of the molecule is CN1[C@@H](Cc2ccccc2)CCN2C(=O)c3c(O)c(=O)c(C(=O)NCc4ccc(F)cc4F)cn3CC21S. The number of carbonyl (C=O) groups is 2. The second-order valence-electron chi connectivity index (χ2n) is 9.59. The molecule has 3 heterocycles. The lowest BCUT2D eigenvalue weighted by Crippen LogP contribution is -2.69. The zero-order valence-electron chi connectivity index (χ0n) is 20.5. The van der Waals surface area contributed by atoms with Crippen molar-refractivity contribution in [3.63, 3.8) is 0 Å². The zero-order chi connectivity index (χ0) is 27.2. The fourth-order valence-corrected chi connectivity index (χ4v) is 5.68. The van der Waals surface area contributed by atoms with Crippen molar-refractivity contribution in [2.75, 3.05) is 13.6 Å². The molecule has 3 aromatic rings. The molecule has 0 bridgehead atoms. The van der Waals surface area contributed by atoms with E-state index < -0.39 is 45.2 Å². The van der Waals surface area contributed by atoms with Gasteiger partial charge in [-0.05, 0) is 31.5 Å². The predicted molar refractivity (Wildman–Crippen MR) is 139 cm³/mol. The fourth-order valence-electron chi connectivity index (χ4n) is 5.17. The second-order valence-corrected chi connectivity index (χ2v) is 10.3. The number of likely N-dealkylation sites (N-methyl/N-ethyl adjacent to an activating group) is 1. The van der Waals surface area contributed by atoms with Crippen LogP contribution in [0.1, 0.15) is 38.4 Å². The Kier molecular flexibility index (Phi) is 6.74. The molecule has 0 saturated carbocycles. The van der Waals surface area contributed by atoms with Crippen LogP contribution in [-0.4, -0.2) is 55.9 Å². The molecule has 2 atom stereocenters. The lowest BCUT2D eigenvalue weighted by Gasteiger charge is -2.55. The molecule has 0 aliphatic carbocycles. The Morgan fingerprint density at radius 3 is 2.63 bits per heavy atom. The maximum atomic E-state index is 14.0. The molecule has 2 aliphatic rings. The Labute approximate surface area is 222 Å². The molecule has 0 radical (unpaired) electrons. The first-order valence-electron chi connectivity index (χ1n) is 12.1. The summed E-state index contributed by atoms with van der Waals surface area (Å²) >= 11 is 4.91. The van der Waals surface area contributed by atoms with Crippen molar-refractivity contribution in [1.82, 2.24) is 19.7 Å². The number of halogens is 2. The van der Waals surface area contributed by atoms with E-state index in [1.807, 2.05) is 42.3 Å². The highest BCUT2D eigenvalue weighted by atomic mass is 32.1. The maximum Gasteiger partial charge on any atom is 0.276 e. The Morgan fingerprint density at radius 1 is 1.18 bits per heavy atom. The van der Waals surface area contributed by atoms with E-state index in [9.17, 15) is 28.3 Å². The smallest absolute Gasteiger partial charge is 0.276 e. The minimum absolute atomic E-state index is 0.0236. The fraction of sp³-hybridized carbons (Fsp3) is 0.296. The summed E-state index contributed by atoms with van der Waals surface area (Å²) in [5, 5.41) is 13.1. The van der Waals surface area contributed by atoms with E-state index in [4.69, 9.17) is 12.6 Å². The Balaban J connectivity index is 1.43. The summed E-state index contributed by atoms with van der Waals surface area (Å²) < 4.78 is 28.5. The van der Waals surface area contributed by atoms with Crippen LogP contribution in [0.4, 0.5) is 8.78 Å². The number of thiol groups is 1. The zero-order valence-corrected chi connectivity index (χ0v) is 21.4. The van der Waals surface area contributed by atoms with Crippen molar-refractivity contribution in [2.24, 2.45) is 0 Å². The topological polar surface area (TPSA) is 94.9 Å². The van der Waals surface area contributed by atoms with E-state index in [1.165, 1.54) is 21.7 Å². The van der Waals surface area contributed by atoms with Crippen molar-refractivity contribution in [3.05, 3.63) is 99.0 Å². The van der Waals surface area contributed by atoms with Crippen molar-refractivity contribution in [3.8, 4) is 5.75 Å². The van der Waals surface area contributed by atoms with Crippen LogP contribution in [0, 0.1) is 11.6 Å². The van der Waals surface area contributed by atoms with Crippen molar-refractivity contribution >= 4 is 24.4 Å². The van der Waals surface area contributed by atoms with Gasteiger partial charge in [0.05, 0.1) is 6.54 Å². The number of nitrogens with one attached hydrogen (secondary N) is 1. The van der Waals surface area contributed by atoms with Crippen LogP contribution in [0.5, 0.6) is 5.75 Å². The maximum absolute atomic E-state index is 14.0. The van der Waals surface area contributed by atoms with Gasteiger partial charge in [0, 0.05) is 37.0 Å². The standard InChI is InChI=1S/C27H26F2N4O4S/c1-31-19(11-16-5-3-2-4-6-16)9-10-33-26(37)22-24(35)23(34)20(14-32(22)15-27(31,33)38)25(36)30-13-17-7-8-18(28)12-21(17)29/h2-8,12,14,19,35,38H,9-11,13,15H2,1H3,(H,30,36)/t19-,27?/m1/s1. The molecule has 11 heteroatoms. The first-order valence-corrected chi connectivity index (χ1v) is 12.5. The van der Waals surface area contributed by atoms with Gasteiger partial charge in [-0.3, -0.25) is 19.3 Å². The Bertz CT molecular complexity index is 1480. The van der Waals surface area contributed by atoms with Crippen LogP contribution < -0.4 is 10.7 Å². The number of hydrogen-bond donors (Lipinski definition) is 3. The number of amides is 2. The van der Waals surface area contributed by atoms with Crippen molar-refractivity contribution < 1.29 is 23.5 Å². The summed E-state index contributed by atoms with van der Waals surface area (Å²) in [5.41, 5.74) is -0.465. The first kappa shape index (κ1) is 25.9. The largest absolute Gasteiger partial charge is 0.503 e. The summed E-state index contributed by atoms with van der Waals surface area (Å²) in [5.74, 6) is -3.87. The molecule has 1 aromatic heterocycles. The normalized spacial score (nSPS) is 21.1. The number of hydrogen-bond acceptors (Lipinski definition) is 6. The molecule has 1 fully saturated rings. The molecule has 1 unspecified atom stereocenters. The molecule has 2 aliphatic heterocycles. The number of aromatic nitrogens is 1. The van der Waals surface area contributed by atoms with Gasteiger partial charge in [0.1, 0.15) is 17.2 Å². The number of rotatable bonds is 5. The molecule has 198 valence electrons. The van der Waals surface area contributed by atoms with E-state index >= 15 is 0 Å². The highest BCUT2D eigenvalue weighted by Gasteiger charge is 2.51. The number of aromatic hydroxyl groups is 1. The Morgan fingerprint density at radius 2 is 1.92 bits per heavy atom. The molecular formula is C27H26F2N4O4S. The van der Waals surface area contributed by atoms with Crippen molar-refractivity contribution in [2.45, 2.75) is 37.0 Å². The molecular weight excluding hydrogens is 514 g/mol. The molecule has 1 saturated heterocycles. The minimum atomic E-state index is -1.08. The summed E-state index contributed by atoms with van der Waals surface area (Å²) in [4.78, 5) is 41.6. The van der Waals surface area contributed by atoms with E-state index in [-0.39, 0.29) is 30.4 Å². The van der Waals surface area contributed by atoms with Gasteiger partial charge < -0.3 is 19.9 Å². The van der Waals surface area contributed by atoms with Gasteiger partial charge >= 0.3 is 0 Å². The molecule has 38 heavy (non-hydrogen) atoms. The molecule has 2 amide bonds. The lowest BCUT2D eigenvalue weighted by atomic mass is 9.97. The van der Waals surface area contributed by atoms with Gasteiger partial charge in [-0.15, -0.1) is 12.6 Å². The summed E-state index contributed by atoms with van der Waals surface area (Å²) in [6, 6.07) is 13.0. The second kappa shape index (κ2) is 9.88. The number of pyridine rings is 1. The summed E-state index contributed by atoms with van der Waals surface area (Å²) in [7, 11) is 1.87. The quantitative estimate of drug-likeness (QED) is 0.433. The van der Waals surface area contributed by atoms with Crippen LogP contribution >= 0.6 is 12.6 Å². The number of fused-ring (bicyclic) bond motifs is 2. The minimum Gasteiger partial charge on any atom is -0.503 e. The van der Waals surface area contributed by atoms with E-state index in [0.717, 1.165) is 18.1 Å². The summed E-state index contributed by atoms with van der Waals surface area (Å²) in [6.45, 7) is 0.156. The van der Waals surface area contributed by atoms with E-state index in [2.05, 4.69) is 5.32 Å². The predicted octanol–water partition coefficient (Wildman–Crippen LogP) is 2.75. The first-order chi connectivity index (χ1) is 18.1. The molecule has 2 N–H and O–H groups in total. The van der Waals surface area contributed by atoms with Gasteiger partial charge in [0.2, 0.25) is 5.43 Å². The summed E-state index contributed by atoms with van der Waals surface area (Å²) in [6.07, 6.45) is 2.64. The average Bonchev–Trinajstić information content (AvgIpc) is 2.88. The number of nitrogens with zero attached hydrogens (tertiary/aromatic N) is 3. The number of benzene rings is 2. The van der Waals surface area contributed by atoms with E-state index in [1.54, 1.807) is 0 Å². The average molecular weight is 541 g/mol. The van der Waals surface area contributed by atoms with Gasteiger partial charge in [-0.1, -0.05) is 36.4 Å².